The minimum Gasteiger partial charge on any atom is -0.435 e. The van der Waals surface area contributed by atoms with E-state index in [9.17, 15) is 14.0 Å². The van der Waals surface area contributed by atoms with Gasteiger partial charge in [-0.25, -0.2) is 26.9 Å². The number of rotatable bonds is 7. The summed E-state index contributed by atoms with van der Waals surface area (Å²) < 4.78 is 64.8. The van der Waals surface area contributed by atoms with Crippen molar-refractivity contribution < 1.29 is 31.9 Å². The third kappa shape index (κ3) is 5.29. The minimum absolute atomic E-state index is 0.0155. The Kier molecular flexibility index (Phi) is 6.70. The van der Waals surface area contributed by atoms with E-state index in [0.717, 1.165) is 24.3 Å². The highest BCUT2D eigenvalue weighted by Gasteiger charge is 2.44. The molecule has 0 bridgehead atoms. The molecule has 2 aromatic carbocycles. The number of nitrogens with zero attached hydrogens (tertiary/aromatic N) is 3. The molecule has 4 aromatic rings. The highest BCUT2D eigenvalue weighted by molar-refractivity contribution is 5.97. The molecule has 192 valence electrons. The van der Waals surface area contributed by atoms with Crippen LogP contribution in [0.3, 0.4) is 0 Å². The predicted molar refractivity (Wildman–Crippen MR) is 125 cm³/mol. The molecule has 0 fully saturated rings. The molecule has 0 saturated carbocycles. The number of benzene rings is 2. The number of nitrogens with two attached hydrogens (primary N) is 2. The van der Waals surface area contributed by atoms with Gasteiger partial charge in [-0.2, -0.15) is 4.98 Å². The number of amides is 2. The van der Waals surface area contributed by atoms with Crippen LogP contribution in [-0.4, -0.2) is 39.1 Å². The van der Waals surface area contributed by atoms with E-state index in [4.69, 9.17) is 11.5 Å². The Hall–Kier alpha value is -4.68. The lowest BCUT2D eigenvalue weighted by molar-refractivity contribution is -0.108. The average Bonchev–Trinajstić information content (AvgIpc) is 3.21. The van der Waals surface area contributed by atoms with Gasteiger partial charge in [0.1, 0.15) is 11.6 Å². The number of primary amides is 1. The second kappa shape index (κ2) is 9.76. The van der Waals surface area contributed by atoms with Crippen LogP contribution in [0.25, 0.3) is 16.8 Å². The van der Waals surface area contributed by atoms with Gasteiger partial charge in [-0.15, -0.1) is 5.10 Å². The van der Waals surface area contributed by atoms with E-state index in [1.54, 1.807) is 0 Å². The van der Waals surface area contributed by atoms with Gasteiger partial charge in [-0.3, -0.25) is 4.79 Å². The number of ether oxygens (including phenoxy) is 1. The zero-order chi connectivity index (χ0) is 26.9. The lowest BCUT2D eigenvalue weighted by Gasteiger charge is -2.27. The van der Waals surface area contributed by atoms with E-state index in [-0.39, 0.29) is 22.6 Å². The van der Waals surface area contributed by atoms with Crippen molar-refractivity contribution in [2.45, 2.75) is 19.0 Å². The van der Waals surface area contributed by atoms with Gasteiger partial charge in [-0.1, -0.05) is 24.3 Å². The summed E-state index contributed by atoms with van der Waals surface area (Å²) >= 11 is 0. The summed E-state index contributed by atoms with van der Waals surface area (Å²) in [6.07, 6.45) is -2.23. The molecule has 0 aliphatic heterocycles. The van der Waals surface area contributed by atoms with Gasteiger partial charge in [0, 0.05) is 11.8 Å². The van der Waals surface area contributed by atoms with Gasteiger partial charge in [0.05, 0.1) is 12.1 Å². The number of aryl methyl sites for hydroxylation is 1. The number of carbonyl (C=O) groups excluding carboxylic acids is 2. The highest BCUT2D eigenvalue weighted by atomic mass is 19.3. The fourth-order valence-electron chi connectivity index (χ4n) is 3.77. The molecule has 0 radical (unpaired) electrons. The molecule has 1 atom stereocenters. The van der Waals surface area contributed by atoms with Crippen LogP contribution in [0, 0.1) is 18.6 Å². The molecule has 4 rings (SSSR count). The van der Waals surface area contributed by atoms with Crippen molar-refractivity contribution in [3.05, 3.63) is 83.1 Å². The standard InChI is InChI=1S/C24H20F4N6O3/c1-12-2-7-16(14-8-9-34-17(10-14)32-22(29)33-34)19(26)18(12)21(35)31-11-24(27,28)20(37-23(30)36)13-3-5-15(25)6-4-13/h2-10,20H,11H2,1H3,(H2,29,33)(H2,30,36)(H,31,35)/t20-/m0/s1. The quantitative estimate of drug-likeness (QED) is 0.320. The van der Waals surface area contributed by atoms with Crippen molar-refractivity contribution in [3.8, 4) is 11.1 Å². The Bertz CT molecular complexity index is 1490. The lowest BCUT2D eigenvalue weighted by Crippen LogP contribution is -2.43. The summed E-state index contributed by atoms with van der Waals surface area (Å²) in [5, 5.41) is 5.92. The molecule has 13 heteroatoms. The smallest absolute Gasteiger partial charge is 0.405 e. The zero-order valence-electron chi connectivity index (χ0n) is 19.2. The molecular weight excluding hydrogens is 496 g/mol. The summed E-state index contributed by atoms with van der Waals surface area (Å²) in [4.78, 5) is 28.1. The monoisotopic (exact) mass is 516 g/mol. The Morgan fingerprint density at radius 2 is 1.84 bits per heavy atom. The van der Waals surface area contributed by atoms with Crippen LogP contribution in [0.4, 0.5) is 28.3 Å². The number of nitrogens with one attached hydrogen (secondary N) is 1. The fourth-order valence-corrected chi connectivity index (χ4v) is 3.77. The van der Waals surface area contributed by atoms with E-state index >= 15 is 13.2 Å². The molecular formula is C24H20F4N6O3. The summed E-state index contributed by atoms with van der Waals surface area (Å²) in [6, 6.07) is 9.71. The maximum atomic E-state index is 15.5. The number of hydrogen-bond acceptors (Lipinski definition) is 6. The van der Waals surface area contributed by atoms with Crippen molar-refractivity contribution >= 4 is 23.6 Å². The largest absolute Gasteiger partial charge is 0.435 e. The summed E-state index contributed by atoms with van der Waals surface area (Å²) in [7, 11) is 0. The number of halogens is 4. The molecule has 0 aliphatic carbocycles. The van der Waals surface area contributed by atoms with Gasteiger partial charge >= 0.3 is 12.0 Å². The van der Waals surface area contributed by atoms with Crippen molar-refractivity contribution in [2.24, 2.45) is 5.73 Å². The highest BCUT2D eigenvalue weighted by Crippen LogP contribution is 2.35. The average molecular weight is 516 g/mol. The van der Waals surface area contributed by atoms with Crippen molar-refractivity contribution in [2.75, 3.05) is 12.3 Å². The molecule has 2 aromatic heterocycles. The van der Waals surface area contributed by atoms with Gasteiger partial charge < -0.3 is 21.5 Å². The number of carbonyl (C=O) groups is 2. The first-order valence-corrected chi connectivity index (χ1v) is 10.7. The van der Waals surface area contributed by atoms with E-state index in [0.29, 0.717) is 11.2 Å². The third-order valence-corrected chi connectivity index (χ3v) is 5.52. The van der Waals surface area contributed by atoms with Gasteiger partial charge in [0.25, 0.3) is 5.91 Å². The van der Waals surface area contributed by atoms with E-state index in [1.807, 2.05) is 5.32 Å². The number of pyridine rings is 1. The van der Waals surface area contributed by atoms with Crippen molar-refractivity contribution in [1.82, 2.24) is 19.9 Å². The first kappa shape index (κ1) is 25.4. The maximum Gasteiger partial charge on any atom is 0.405 e. The SMILES string of the molecule is Cc1ccc(-c2ccn3nc(N)nc3c2)c(F)c1C(=O)NCC(F)(F)[C@@H](OC(N)=O)c1ccc(F)cc1. The molecule has 2 amide bonds. The minimum atomic E-state index is -3.89. The number of aromatic nitrogens is 3. The van der Waals surface area contributed by atoms with E-state index in [2.05, 4.69) is 14.8 Å². The van der Waals surface area contributed by atoms with E-state index in [1.165, 1.54) is 41.9 Å². The number of hydrogen-bond donors (Lipinski definition) is 3. The molecule has 9 nitrogen and oxygen atoms in total. The third-order valence-electron chi connectivity index (χ3n) is 5.52. The first-order chi connectivity index (χ1) is 17.5. The first-order valence-electron chi connectivity index (χ1n) is 10.7. The summed E-state index contributed by atoms with van der Waals surface area (Å²) in [5.41, 5.74) is 10.7. The Morgan fingerprint density at radius 1 is 1.14 bits per heavy atom. The molecule has 37 heavy (non-hydrogen) atoms. The van der Waals surface area contributed by atoms with E-state index < -0.39 is 47.8 Å². The Morgan fingerprint density at radius 3 is 2.51 bits per heavy atom. The topological polar surface area (TPSA) is 138 Å². The Balaban J connectivity index is 1.60. The van der Waals surface area contributed by atoms with Crippen LogP contribution < -0.4 is 16.8 Å². The van der Waals surface area contributed by atoms with Gasteiger partial charge in [0.2, 0.25) is 5.95 Å². The van der Waals surface area contributed by atoms with Crippen molar-refractivity contribution in [3.63, 3.8) is 0 Å². The van der Waals surface area contributed by atoms with Crippen LogP contribution in [0.15, 0.2) is 54.7 Å². The number of alkyl halides is 2. The zero-order valence-corrected chi connectivity index (χ0v) is 19.2. The molecule has 2 heterocycles. The summed E-state index contributed by atoms with van der Waals surface area (Å²) in [6.45, 7) is 0.106. The van der Waals surface area contributed by atoms with Crippen LogP contribution >= 0.6 is 0 Å². The number of anilines is 1. The number of fused-ring (bicyclic) bond motifs is 1. The molecule has 0 spiro atoms. The van der Waals surface area contributed by atoms with Crippen LogP contribution in [-0.2, 0) is 4.74 Å². The molecule has 0 aliphatic rings. The fraction of sp³-hybridized carbons (Fsp3) is 0.167. The number of nitrogen functional groups attached to an aromatic ring is 1. The lowest BCUT2D eigenvalue weighted by atomic mass is 9.98. The van der Waals surface area contributed by atoms with Crippen molar-refractivity contribution in [1.29, 1.82) is 0 Å². The second-order valence-electron chi connectivity index (χ2n) is 8.12. The normalized spacial score (nSPS) is 12.4. The molecule has 0 saturated heterocycles. The molecule has 0 unspecified atom stereocenters. The second-order valence-corrected chi connectivity index (χ2v) is 8.12. The van der Waals surface area contributed by atoms with Crippen LogP contribution in [0.5, 0.6) is 0 Å². The predicted octanol–water partition coefficient (Wildman–Crippen LogP) is 3.77. The Labute approximate surface area is 207 Å². The van der Waals surface area contributed by atoms with Crippen LogP contribution in [0.2, 0.25) is 0 Å². The summed E-state index contributed by atoms with van der Waals surface area (Å²) in [5.74, 6) is -6.64. The van der Waals surface area contributed by atoms with Gasteiger partial charge in [0.15, 0.2) is 11.8 Å². The van der Waals surface area contributed by atoms with Crippen LogP contribution in [0.1, 0.15) is 27.6 Å². The maximum absolute atomic E-state index is 15.5. The van der Waals surface area contributed by atoms with Gasteiger partial charge in [-0.05, 0) is 47.9 Å². The molecule has 5 N–H and O–H groups in total.